The van der Waals surface area contributed by atoms with Gasteiger partial charge in [0, 0.05) is 18.3 Å². The highest BCUT2D eigenvalue weighted by Crippen LogP contribution is 2.19. The molecule has 0 heterocycles. The van der Waals surface area contributed by atoms with Gasteiger partial charge in [-0.05, 0) is 37.1 Å². The lowest BCUT2D eigenvalue weighted by atomic mass is 10.1. The molecule has 0 aliphatic carbocycles. The summed E-state index contributed by atoms with van der Waals surface area (Å²) in [5.41, 5.74) is 2.91. The fourth-order valence-corrected chi connectivity index (χ4v) is 2.33. The zero-order chi connectivity index (χ0) is 16.8. The van der Waals surface area contributed by atoms with E-state index in [2.05, 4.69) is 16.0 Å². The van der Waals surface area contributed by atoms with Crippen LogP contribution in [0.2, 0.25) is 0 Å². The first-order chi connectivity index (χ1) is 11.0. The van der Waals surface area contributed by atoms with Gasteiger partial charge in [-0.15, -0.1) is 0 Å². The van der Waals surface area contributed by atoms with Gasteiger partial charge in [-0.25, -0.2) is 4.79 Å². The largest absolute Gasteiger partial charge is 0.355 e. The normalized spacial score (nSPS) is 11.4. The van der Waals surface area contributed by atoms with E-state index in [0.29, 0.717) is 11.3 Å². The van der Waals surface area contributed by atoms with Crippen LogP contribution in [0.25, 0.3) is 0 Å². The number of carbonyl (C=O) groups is 2. The maximum absolute atomic E-state index is 12.2. The van der Waals surface area contributed by atoms with Gasteiger partial charge in [-0.1, -0.05) is 36.4 Å². The minimum Gasteiger partial charge on any atom is -0.355 e. The van der Waals surface area contributed by atoms with Gasteiger partial charge in [-0.3, -0.25) is 4.79 Å². The Bertz CT molecular complexity index is 699. The molecule has 3 amide bonds. The second-order valence-electron chi connectivity index (χ2n) is 5.29. The minimum absolute atomic E-state index is 0.112. The molecule has 2 rings (SSSR count). The topological polar surface area (TPSA) is 70.2 Å². The van der Waals surface area contributed by atoms with Gasteiger partial charge in [-0.2, -0.15) is 0 Å². The van der Waals surface area contributed by atoms with Crippen LogP contribution >= 0.6 is 0 Å². The highest BCUT2D eigenvalue weighted by Gasteiger charge is 2.13. The van der Waals surface area contributed by atoms with Crippen molar-refractivity contribution in [3.05, 3.63) is 65.2 Å². The number of amides is 3. The molecule has 0 aliphatic heterocycles. The van der Waals surface area contributed by atoms with Crippen molar-refractivity contribution >= 4 is 17.6 Å². The average molecular weight is 311 g/mol. The minimum atomic E-state index is -0.307. The van der Waals surface area contributed by atoms with Crippen molar-refractivity contribution in [1.82, 2.24) is 10.6 Å². The summed E-state index contributed by atoms with van der Waals surface area (Å²) >= 11 is 0. The molecule has 2 aromatic carbocycles. The predicted molar refractivity (Wildman–Crippen MR) is 91.6 cm³/mol. The van der Waals surface area contributed by atoms with E-state index in [9.17, 15) is 9.59 Å². The predicted octanol–water partition coefficient (Wildman–Crippen LogP) is 3.24. The van der Waals surface area contributed by atoms with Crippen LogP contribution in [0.1, 0.15) is 34.5 Å². The van der Waals surface area contributed by atoms with Gasteiger partial charge < -0.3 is 16.0 Å². The SMILES string of the molecule is CNC(=O)c1cccc(NC(=O)NC(C)c2ccccc2)c1C. The number of urea groups is 1. The van der Waals surface area contributed by atoms with Crippen LogP contribution in [0, 0.1) is 6.92 Å². The summed E-state index contributed by atoms with van der Waals surface area (Å²) in [6.07, 6.45) is 0. The molecule has 0 radical (unpaired) electrons. The van der Waals surface area contributed by atoms with Crippen molar-refractivity contribution in [2.24, 2.45) is 0 Å². The number of nitrogens with one attached hydrogen (secondary N) is 3. The maximum atomic E-state index is 12.2. The zero-order valence-corrected chi connectivity index (χ0v) is 13.5. The number of hydrogen-bond donors (Lipinski definition) is 3. The Balaban J connectivity index is 2.07. The summed E-state index contributed by atoms with van der Waals surface area (Å²) in [5.74, 6) is -0.177. The molecule has 0 bridgehead atoms. The smallest absolute Gasteiger partial charge is 0.319 e. The number of anilines is 1. The van der Waals surface area contributed by atoms with Crippen molar-refractivity contribution in [3.8, 4) is 0 Å². The fraction of sp³-hybridized carbons (Fsp3) is 0.222. The van der Waals surface area contributed by atoms with E-state index in [-0.39, 0.29) is 18.0 Å². The van der Waals surface area contributed by atoms with Crippen LogP contribution in [-0.2, 0) is 0 Å². The second-order valence-corrected chi connectivity index (χ2v) is 5.29. The molecule has 5 heteroatoms. The van der Waals surface area contributed by atoms with Gasteiger partial charge in [0.15, 0.2) is 0 Å². The maximum Gasteiger partial charge on any atom is 0.319 e. The van der Waals surface area contributed by atoms with Gasteiger partial charge in [0.1, 0.15) is 0 Å². The van der Waals surface area contributed by atoms with Gasteiger partial charge in [0.05, 0.1) is 6.04 Å². The Morgan fingerprint density at radius 3 is 2.35 bits per heavy atom. The van der Waals surface area contributed by atoms with Crippen molar-refractivity contribution in [2.75, 3.05) is 12.4 Å². The molecular weight excluding hydrogens is 290 g/mol. The summed E-state index contributed by atoms with van der Waals surface area (Å²) in [6.45, 7) is 3.73. The number of carbonyl (C=O) groups excluding carboxylic acids is 2. The highest BCUT2D eigenvalue weighted by atomic mass is 16.2. The van der Waals surface area contributed by atoms with Crippen LogP contribution in [0.15, 0.2) is 48.5 Å². The van der Waals surface area contributed by atoms with Crippen molar-refractivity contribution in [3.63, 3.8) is 0 Å². The molecule has 1 atom stereocenters. The first-order valence-electron chi connectivity index (χ1n) is 7.47. The second kappa shape index (κ2) is 7.45. The molecule has 120 valence electrons. The molecule has 0 saturated heterocycles. The summed E-state index contributed by atoms with van der Waals surface area (Å²) in [4.78, 5) is 24.0. The van der Waals surface area contributed by atoms with E-state index >= 15 is 0 Å². The monoisotopic (exact) mass is 311 g/mol. The van der Waals surface area contributed by atoms with Crippen LogP contribution in [0.3, 0.4) is 0 Å². The molecule has 2 aromatic rings. The van der Waals surface area contributed by atoms with Crippen molar-refractivity contribution in [1.29, 1.82) is 0 Å². The molecule has 0 aromatic heterocycles. The molecule has 5 nitrogen and oxygen atoms in total. The van der Waals surface area contributed by atoms with Gasteiger partial charge >= 0.3 is 6.03 Å². The zero-order valence-electron chi connectivity index (χ0n) is 13.5. The molecule has 0 fully saturated rings. The number of benzene rings is 2. The summed E-state index contributed by atoms with van der Waals surface area (Å²) in [5, 5.41) is 8.27. The highest BCUT2D eigenvalue weighted by molar-refractivity contribution is 5.98. The van der Waals surface area contributed by atoms with Gasteiger partial charge in [0.2, 0.25) is 0 Å². The van der Waals surface area contributed by atoms with Crippen LogP contribution in [-0.4, -0.2) is 19.0 Å². The van der Waals surface area contributed by atoms with Crippen molar-refractivity contribution < 1.29 is 9.59 Å². The Hall–Kier alpha value is -2.82. The third kappa shape index (κ3) is 4.10. The first-order valence-corrected chi connectivity index (χ1v) is 7.47. The molecule has 23 heavy (non-hydrogen) atoms. The average Bonchev–Trinajstić information content (AvgIpc) is 2.56. The molecule has 1 unspecified atom stereocenters. The van der Waals surface area contributed by atoms with E-state index in [1.54, 1.807) is 32.2 Å². The van der Waals surface area contributed by atoms with Crippen molar-refractivity contribution in [2.45, 2.75) is 19.9 Å². The Morgan fingerprint density at radius 2 is 1.70 bits per heavy atom. The van der Waals surface area contributed by atoms with E-state index in [0.717, 1.165) is 11.1 Å². The van der Waals surface area contributed by atoms with Gasteiger partial charge in [0.25, 0.3) is 5.91 Å². The summed E-state index contributed by atoms with van der Waals surface area (Å²) < 4.78 is 0. The Labute approximate surface area is 136 Å². The Kier molecular flexibility index (Phi) is 5.36. The quantitative estimate of drug-likeness (QED) is 0.811. The van der Waals surface area contributed by atoms with E-state index in [4.69, 9.17) is 0 Å². The molecule has 3 N–H and O–H groups in total. The van der Waals surface area contributed by atoms with Crippen LogP contribution < -0.4 is 16.0 Å². The summed E-state index contributed by atoms with van der Waals surface area (Å²) in [6, 6.07) is 14.5. The van der Waals surface area contributed by atoms with E-state index < -0.39 is 0 Å². The standard InChI is InChI=1S/C18H21N3O2/c1-12-15(17(22)19-3)10-7-11-16(12)21-18(23)20-13(2)14-8-5-4-6-9-14/h4-11,13H,1-3H3,(H,19,22)(H2,20,21,23). The summed E-state index contributed by atoms with van der Waals surface area (Å²) in [7, 11) is 1.58. The first kappa shape index (κ1) is 16.5. The van der Waals surface area contributed by atoms with E-state index in [1.165, 1.54) is 0 Å². The molecule has 0 saturated carbocycles. The molecule has 0 spiro atoms. The van der Waals surface area contributed by atoms with E-state index in [1.807, 2.05) is 37.3 Å². The number of hydrogen-bond acceptors (Lipinski definition) is 2. The number of rotatable bonds is 4. The van der Waals surface area contributed by atoms with Crippen LogP contribution in [0.5, 0.6) is 0 Å². The molecular formula is C18H21N3O2. The third-order valence-electron chi connectivity index (χ3n) is 3.70. The fourth-order valence-electron chi connectivity index (χ4n) is 2.33. The third-order valence-corrected chi connectivity index (χ3v) is 3.70. The lowest BCUT2D eigenvalue weighted by Crippen LogP contribution is -2.31. The lowest BCUT2D eigenvalue weighted by molar-refractivity contribution is 0.0962. The Morgan fingerprint density at radius 1 is 1.00 bits per heavy atom. The van der Waals surface area contributed by atoms with Crippen LogP contribution in [0.4, 0.5) is 10.5 Å². The lowest BCUT2D eigenvalue weighted by Gasteiger charge is -2.16. The molecule has 0 aliphatic rings.